The maximum atomic E-state index is 13.8. The summed E-state index contributed by atoms with van der Waals surface area (Å²) in [5.41, 5.74) is 1.07. The Morgan fingerprint density at radius 2 is 1.81 bits per heavy atom. The predicted octanol–water partition coefficient (Wildman–Crippen LogP) is 4.79. The molecule has 2 aromatic rings. The molecule has 0 spiro atoms. The van der Waals surface area contributed by atoms with Crippen LogP contribution in [0.2, 0.25) is 10.0 Å². The molecule has 0 aliphatic carbocycles. The van der Waals surface area contributed by atoms with E-state index in [1.165, 1.54) is 6.07 Å². The van der Waals surface area contributed by atoms with Gasteiger partial charge < -0.3 is 10.2 Å². The van der Waals surface area contributed by atoms with Gasteiger partial charge in [-0.15, -0.1) is 0 Å². The zero-order chi connectivity index (χ0) is 18.7. The molecule has 26 heavy (non-hydrogen) atoms. The molecule has 3 rings (SSSR count). The van der Waals surface area contributed by atoms with E-state index in [0.29, 0.717) is 59.1 Å². The zero-order valence-electron chi connectivity index (χ0n) is 13.8. The molecule has 1 saturated heterocycles. The second kappa shape index (κ2) is 8.48. The highest BCUT2D eigenvalue weighted by molar-refractivity contribution is 7.80. The van der Waals surface area contributed by atoms with Gasteiger partial charge in [0.2, 0.25) is 0 Å². The summed E-state index contributed by atoms with van der Waals surface area (Å²) in [6.45, 7) is 3.15. The van der Waals surface area contributed by atoms with Crippen molar-refractivity contribution < 1.29 is 8.78 Å². The number of halogens is 4. The van der Waals surface area contributed by atoms with E-state index in [1.54, 1.807) is 24.3 Å². The van der Waals surface area contributed by atoms with Crippen LogP contribution in [0.15, 0.2) is 36.4 Å². The number of nitrogens with zero attached hydrogens (tertiary/aromatic N) is 2. The van der Waals surface area contributed by atoms with E-state index in [2.05, 4.69) is 10.2 Å². The number of hydrogen-bond acceptors (Lipinski definition) is 2. The molecule has 0 unspecified atom stereocenters. The van der Waals surface area contributed by atoms with Crippen LogP contribution in [-0.4, -0.2) is 41.1 Å². The van der Waals surface area contributed by atoms with Crippen molar-refractivity contribution in [3.8, 4) is 0 Å². The van der Waals surface area contributed by atoms with Crippen LogP contribution in [0.3, 0.4) is 0 Å². The minimum absolute atomic E-state index is 0.368. The Kier molecular flexibility index (Phi) is 6.29. The number of hydrogen-bond donors (Lipinski definition) is 1. The summed E-state index contributed by atoms with van der Waals surface area (Å²) >= 11 is 17.5. The fourth-order valence-corrected chi connectivity index (χ4v) is 3.55. The lowest BCUT2D eigenvalue weighted by Gasteiger charge is -2.36. The smallest absolute Gasteiger partial charge is 0.173 e. The van der Waals surface area contributed by atoms with Crippen molar-refractivity contribution in [2.24, 2.45) is 0 Å². The van der Waals surface area contributed by atoms with Crippen LogP contribution in [0, 0.1) is 11.6 Å². The Morgan fingerprint density at radius 3 is 2.50 bits per heavy atom. The van der Waals surface area contributed by atoms with Gasteiger partial charge in [-0.2, -0.15) is 0 Å². The third-order valence-electron chi connectivity index (χ3n) is 4.26. The average Bonchev–Trinajstić information content (AvgIpc) is 2.62. The summed E-state index contributed by atoms with van der Waals surface area (Å²) < 4.78 is 27.1. The van der Waals surface area contributed by atoms with E-state index in [4.69, 9.17) is 35.4 Å². The first-order valence-electron chi connectivity index (χ1n) is 8.10. The molecule has 0 atom stereocenters. The fourth-order valence-electron chi connectivity index (χ4n) is 2.81. The Morgan fingerprint density at radius 1 is 1.08 bits per heavy atom. The van der Waals surface area contributed by atoms with Crippen LogP contribution in [0.5, 0.6) is 0 Å². The molecule has 0 saturated carbocycles. The summed E-state index contributed by atoms with van der Waals surface area (Å²) in [6, 6.07) is 9.44. The standard InChI is InChI=1S/C18H17Cl2F2N3S/c19-13-4-5-16(14(20)10-13)23-18(26)25-8-6-24(7-9-25)11-12-2-1-3-15(21)17(12)22/h1-5,10H,6-9,11H2,(H,23,26). The number of piperazine rings is 1. The molecule has 2 aromatic carbocycles. The van der Waals surface area contributed by atoms with E-state index in [9.17, 15) is 8.78 Å². The number of thiocarbonyl (C=S) groups is 1. The molecule has 1 fully saturated rings. The summed E-state index contributed by atoms with van der Waals surface area (Å²) in [7, 11) is 0. The maximum Gasteiger partial charge on any atom is 0.173 e. The molecule has 8 heteroatoms. The monoisotopic (exact) mass is 415 g/mol. The third kappa shape index (κ3) is 4.62. The highest BCUT2D eigenvalue weighted by Crippen LogP contribution is 2.26. The Hall–Kier alpha value is -1.47. The van der Waals surface area contributed by atoms with Gasteiger partial charge in [-0.1, -0.05) is 35.3 Å². The molecule has 1 heterocycles. The van der Waals surface area contributed by atoms with Gasteiger partial charge in [0.15, 0.2) is 16.7 Å². The molecule has 1 aliphatic heterocycles. The molecule has 1 N–H and O–H groups in total. The SMILES string of the molecule is Fc1cccc(CN2CCN(C(=S)Nc3ccc(Cl)cc3Cl)CC2)c1F. The highest BCUT2D eigenvalue weighted by Gasteiger charge is 2.21. The van der Waals surface area contributed by atoms with E-state index in [1.807, 2.05) is 4.90 Å². The Balaban J connectivity index is 1.54. The second-order valence-corrected chi connectivity index (χ2v) is 7.26. The van der Waals surface area contributed by atoms with Gasteiger partial charge in [0.25, 0.3) is 0 Å². The quantitative estimate of drug-likeness (QED) is 0.726. The second-order valence-electron chi connectivity index (χ2n) is 6.03. The van der Waals surface area contributed by atoms with E-state index in [0.717, 1.165) is 6.07 Å². The van der Waals surface area contributed by atoms with Crippen molar-refractivity contribution in [3.63, 3.8) is 0 Å². The van der Waals surface area contributed by atoms with Gasteiger partial charge in [0, 0.05) is 43.3 Å². The summed E-state index contributed by atoms with van der Waals surface area (Å²) in [5.74, 6) is -1.59. The summed E-state index contributed by atoms with van der Waals surface area (Å²) in [5, 5.41) is 4.76. The first kappa shape index (κ1) is 19.3. The lowest BCUT2D eigenvalue weighted by Crippen LogP contribution is -2.49. The van der Waals surface area contributed by atoms with Gasteiger partial charge in [-0.3, -0.25) is 4.90 Å². The average molecular weight is 416 g/mol. The first-order chi connectivity index (χ1) is 12.4. The van der Waals surface area contributed by atoms with Crippen molar-refractivity contribution in [3.05, 3.63) is 63.6 Å². The third-order valence-corrected chi connectivity index (χ3v) is 5.17. The van der Waals surface area contributed by atoms with Crippen LogP contribution < -0.4 is 5.32 Å². The van der Waals surface area contributed by atoms with Crippen molar-refractivity contribution >= 4 is 46.2 Å². The van der Waals surface area contributed by atoms with Gasteiger partial charge >= 0.3 is 0 Å². The van der Waals surface area contributed by atoms with Crippen molar-refractivity contribution in [1.82, 2.24) is 9.80 Å². The van der Waals surface area contributed by atoms with Crippen molar-refractivity contribution in [2.75, 3.05) is 31.5 Å². The zero-order valence-corrected chi connectivity index (χ0v) is 16.1. The largest absolute Gasteiger partial charge is 0.346 e. The Bertz CT molecular complexity index is 811. The van der Waals surface area contributed by atoms with Gasteiger partial charge in [-0.25, -0.2) is 8.78 Å². The fraction of sp³-hybridized carbons (Fsp3) is 0.278. The molecular formula is C18H17Cl2F2N3S. The van der Waals surface area contributed by atoms with Gasteiger partial charge in [0.05, 0.1) is 10.7 Å². The number of nitrogens with one attached hydrogen (secondary N) is 1. The predicted molar refractivity (Wildman–Crippen MR) is 106 cm³/mol. The molecular weight excluding hydrogens is 399 g/mol. The molecule has 1 aliphatic rings. The lowest BCUT2D eigenvalue weighted by atomic mass is 10.2. The first-order valence-corrected chi connectivity index (χ1v) is 9.26. The van der Waals surface area contributed by atoms with Gasteiger partial charge in [0.1, 0.15) is 0 Å². The van der Waals surface area contributed by atoms with E-state index >= 15 is 0 Å². The molecule has 0 amide bonds. The molecule has 0 aromatic heterocycles. The number of anilines is 1. The normalized spacial score (nSPS) is 15.2. The topological polar surface area (TPSA) is 18.5 Å². The molecule has 0 radical (unpaired) electrons. The van der Waals surface area contributed by atoms with E-state index < -0.39 is 11.6 Å². The highest BCUT2D eigenvalue weighted by atomic mass is 35.5. The lowest BCUT2D eigenvalue weighted by molar-refractivity contribution is 0.175. The maximum absolute atomic E-state index is 13.8. The number of rotatable bonds is 3. The Labute approximate surface area is 166 Å². The van der Waals surface area contributed by atoms with Crippen LogP contribution >= 0.6 is 35.4 Å². The number of benzene rings is 2. The summed E-state index contributed by atoms with van der Waals surface area (Å²) in [4.78, 5) is 4.10. The molecule has 3 nitrogen and oxygen atoms in total. The van der Waals surface area contributed by atoms with Crippen molar-refractivity contribution in [1.29, 1.82) is 0 Å². The molecule has 138 valence electrons. The minimum atomic E-state index is -0.814. The van der Waals surface area contributed by atoms with Gasteiger partial charge in [-0.05, 0) is 36.5 Å². The van der Waals surface area contributed by atoms with Crippen LogP contribution in [0.4, 0.5) is 14.5 Å². The van der Waals surface area contributed by atoms with Crippen LogP contribution in [0.25, 0.3) is 0 Å². The summed E-state index contributed by atoms with van der Waals surface area (Å²) in [6.07, 6.45) is 0. The van der Waals surface area contributed by atoms with Crippen molar-refractivity contribution in [2.45, 2.75) is 6.54 Å². The van der Waals surface area contributed by atoms with Crippen LogP contribution in [0.1, 0.15) is 5.56 Å². The van der Waals surface area contributed by atoms with E-state index in [-0.39, 0.29) is 0 Å². The van der Waals surface area contributed by atoms with Crippen LogP contribution in [-0.2, 0) is 6.54 Å². The minimum Gasteiger partial charge on any atom is -0.346 e. The molecule has 0 bridgehead atoms.